The third-order valence-corrected chi connectivity index (χ3v) is 2.28. The number of hydrogen-bond donors (Lipinski definition) is 1. The van der Waals surface area contributed by atoms with E-state index in [1.807, 2.05) is 0 Å². The fraction of sp³-hybridized carbons (Fsp3) is 0.400. The zero-order valence-corrected chi connectivity index (χ0v) is 7.88. The molecule has 13 heavy (non-hydrogen) atoms. The van der Waals surface area contributed by atoms with E-state index in [-0.39, 0.29) is 12.4 Å². The van der Waals surface area contributed by atoms with Crippen molar-refractivity contribution in [2.45, 2.75) is 12.5 Å². The zero-order chi connectivity index (χ0) is 9.90. The number of rotatable bonds is 3. The van der Waals surface area contributed by atoms with Crippen molar-refractivity contribution in [2.24, 2.45) is 5.73 Å². The maximum atomic E-state index is 13.3. The van der Waals surface area contributed by atoms with Crippen LogP contribution in [0.25, 0.3) is 0 Å². The van der Waals surface area contributed by atoms with Crippen molar-refractivity contribution in [3.63, 3.8) is 0 Å². The molecule has 0 bridgehead atoms. The first kappa shape index (κ1) is 10.2. The van der Waals surface area contributed by atoms with Crippen molar-refractivity contribution in [2.75, 3.05) is 13.7 Å². The Morgan fingerprint density at radius 3 is 2.54 bits per heavy atom. The number of halogens is 1. The van der Waals surface area contributed by atoms with Gasteiger partial charge in [0.15, 0.2) is 0 Å². The van der Waals surface area contributed by atoms with Crippen LogP contribution in [0.1, 0.15) is 12.5 Å². The first-order valence-corrected chi connectivity index (χ1v) is 4.14. The lowest BCUT2D eigenvalue weighted by Gasteiger charge is -2.27. The minimum absolute atomic E-state index is 0.254. The van der Waals surface area contributed by atoms with E-state index in [0.29, 0.717) is 5.56 Å². The molecule has 2 N–H and O–H groups in total. The van der Waals surface area contributed by atoms with Gasteiger partial charge in [0.25, 0.3) is 0 Å². The van der Waals surface area contributed by atoms with Gasteiger partial charge >= 0.3 is 0 Å². The average molecular weight is 183 g/mol. The van der Waals surface area contributed by atoms with Crippen LogP contribution in [0.3, 0.4) is 0 Å². The summed E-state index contributed by atoms with van der Waals surface area (Å²) >= 11 is 0. The predicted octanol–water partition coefficient (Wildman–Crippen LogP) is 1.65. The summed E-state index contributed by atoms with van der Waals surface area (Å²) in [4.78, 5) is 0. The molecule has 1 aromatic rings. The normalized spacial score (nSPS) is 15.4. The molecular formula is C10H14FNO. The third-order valence-electron chi connectivity index (χ3n) is 2.28. The summed E-state index contributed by atoms with van der Waals surface area (Å²) in [5, 5.41) is 0. The maximum Gasteiger partial charge on any atom is 0.129 e. The minimum Gasteiger partial charge on any atom is -0.372 e. The highest BCUT2D eigenvalue weighted by molar-refractivity contribution is 5.24. The first-order valence-electron chi connectivity index (χ1n) is 4.14. The molecule has 0 amide bonds. The van der Waals surface area contributed by atoms with Crippen LogP contribution in [0.5, 0.6) is 0 Å². The Balaban J connectivity index is 3.12. The lowest BCUT2D eigenvalue weighted by Crippen LogP contribution is -2.34. The molecule has 0 aliphatic rings. The maximum absolute atomic E-state index is 13.3. The van der Waals surface area contributed by atoms with Gasteiger partial charge in [0.1, 0.15) is 11.4 Å². The molecule has 1 aromatic carbocycles. The minimum atomic E-state index is -0.731. The van der Waals surface area contributed by atoms with E-state index >= 15 is 0 Å². The molecule has 0 radical (unpaired) electrons. The summed E-state index contributed by atoms with van der Waals surface area (Å²) in [7, 11) is 1.53. The highest BCUT2D eigenvalue weighted by Gasteiger charge is 2.26. The third kappa shape index (κ3) is 1.87. The van der Waals surface area contributed by atoms with Crippen LogP contribution in [0.2, 0.25) is 0 Å². The first-order chi connectivity index (χ1) is 6.14. The van der Waals surface area contributed by atoms with Gasteiger partial charge in [0, 0.05) is 19.2 Å². The molecular weight excluding hydrogens is 169 g/mol. The summed E-state index contributed by atoms with van der Waals surface area (Å²) in [5.41, 5.74) is 5.30. The van der Waals surface area contributed by atoms with Crippen molar-refractivity contribution < 1.29 is 9.13 Å². The van der Waals surface area contributed by atoms with Gasteiger partial charge in [-0.05, 0) is 13.0 Å². The summed E-state index contributed by atoms with van der Waals surface area (Å²) in [6.07, 6.45) is 0. The summed E-state index contributed by atoms with van der Waals surface area (Å²) in [6.45, 7) is 2.02. The van der Waals surface area contributed by atoms with Crippen LogP contribution in [0.15, 0.2) is 24.3 Å². The van der Waals surface area contributed by atoms with Gasteiger partial charge in [0.05, 0.1) is 0 Å². The summed E-state index contributed by atoms with van der Waals surface area (Å²) in [5.74, 6) is -0.280. The molecule has 1 rings (SSSR count). The molecule has 0 spiro atoms. The lowest BCUT2D eigenvalue weighted by atomic mass is 9.95. The highest BCUT2D eigenvalue weighted by Crippen LogP contribution is 2.25. The van der Waals surface area contributed by atoms with Crippen LogP contribution >= 0.6 is 0 Å². The van der Waals surface area contributed by atoms with Crippen molar-refractivity contribution in [3.05, 3.63) is 35.6 Å². The van der Waals surface area contributed by atoms with Gasteiger partial charge < -0.3 is 10.5 Å². The summed E-state index contributed by atoms with van der Waals surface area (Å²) in [6, 6.07) is 6.50. The standard InChI is InChI=1S/C10H14FNO/c1-10(7-12,13-2)8-5-3-4-6-9(8)11/h3-6H,7,12H2,1-2H3/t10-/m1/s1. The van der Waals surface area contributed by atoms with Gasteiger partial charge in [-0.2, -0.15) is 0 Å². The van der Waals surface area contributed by atoms with Crippen molar-refractivity contribution in [3.8, 4) is 0 Å². The molecule has 0 saturated carbocycles. The van der Waals surface area contributed by atoms with Gasteiger partial charge in [0.2, 0.25) is 0 Å². The van der Waals surface area contributed by atoms with Crippen LogP contribution in [0.4, 0.5) is 4.39 Å². The molecule has 0 saturated heterocycles. The molecule has 0 heterocycles. The average Bonchev–Trinajstić information content (AvgIpc) is 2.17. The topological polar surface area (TPSA) is 35.2 Å². The predicted molar refractivity (Wildman–Crippen MR) is 49.8 cm³/mol. The van der Waals surface area contributed by atoms with E-state index in [1.165, 1.54) is 13.2 Å². The summed E-state index contributed by atoms with van der Waals surface area (Å²) < 4.78 is 18.5. The molecule has 72 valence electrons. The second-order valence-corrected chi connectivity index (χ2v) is 3.12. The monoisotopic (exact) mass is 183 g/mol. The number of methoxy groups -OCH3 is 1. The Morgan fingerprint density at radius 2 is 2.08 bits per heavy atom. The van der Waals surface area contributed by atoms with Gasteiger partial charge in [-0.15, -0.1) is 0 Å². The van der Waals surface area contributed by atoms with Crippen LogP contribution < -0.4 is 5.73 Å². The molecule has 2 nitrogen and oxygen atoms in total. The Hall–Kier alpha value is -0.930. The van der Waals surface area contributed by atoms with E-state index in [0.717, 1.165) is 0 Å². The molecule has 0 aliphatic carbocycles. The number of ether oxygens (including phenoxy) is 1. The van der Waals surface area contributed by atoms with Crippen LogP contribution in [0, 0.1) is 5.82 Å². The van der Waals surface area contributed by atoms with E-state index < -0.39 is 5.60 Å². The SMILES string of the molecule is CO[C@](C)(CN)c1ccccc1F. The Kier molecular flexibility index (Phi) is 3.01. The fourth-order valence-electron chi connectivity index (χ4n) is 1.19. The largest absolute Gasteiger partial charge is 0.372 e. The van der Waals surface area contributed by atoms with Crippen LogP contribution in [-0.4, -0.2) is 13.7 Å². The highest BCUT2D eigenvalue weighted by atomic mass is 19.1. The molecule has 1 atom stereocenters. The second kappa shape index (κ2) is 3.85. The van der Waals surface area contributed by atoms with E-state index in [1.54, 1.807) is 25.1 Å². The smallest absolute Gasteiger partial charge is 0.129 e. The van der Waals surface area contributed by atoms with Crippen LogP contribution in [-0.2, 0) is 10.3 Å². The van der Waals surface area contributed by atoms with Gasteiger partial charge in [-0.25, -0.2) is 4.39 Å². The quantitative estimate of drug-likeness (QED) is 0.773. The molecule has 0 aromatic heterocycles. The van der Waals surface area contributed by atoms with Gasteiger partial charge in [-0.1, -0.05) is 18.2 Å². The molecule has 0 aliphatic heterocycles. The molecule has 0 fully saturated rings. The van der Waals surface area contributed by atoms with Crippen molar-refractivity contribution in [1.29, 1.82) is 0 Å². The Bertz CT molecular complexity index is 284. The number of nitrogens with two attached hydrogens (primary N) is 1. The Labute approximate surface area is 77.5 Å². The number of hydrogen-bond acceptors (Lipinski definition) is 2. The zero-order valence-electron chi connectivity index (χ0n) is 7.88. The molecule has 3 heteroatoms. The fourth-order valence-corrected chi connectivity index (χ4v) is 1.19. The lowest BCUT2D eigenvalue weighted by molar-refractivity contribution is 0.00717. The number of benzene rings is 1. The van der Waals surface area contributed by atoms with Gasteiger partial charge in [-0.3, -0.25) is 0 Å². The van der Waals surface area contributed by atoms with Crippen molar-refractivity contribution >= 4 is 0 Å². The Morgan fingerprint density at radius 1 is 1.46 bits per heavy atom. The van der Waals surface area contributed by atoms with E-state index in [9.17, 15) is 4.39 Å². The van der Waals surface area contributed by atoms with Crippen molar-refractivity contribution in [1.82, 2.24) is 0 Å². The second-order valence-electron chi connectivity index (χ2n) is 3.12. The van der Waals surface area contributed by atoms with E-state index in [2.05, 4.69) is 0 Å². The van der Waals surface area contributed by atoms with E-state index in [4.69, 9.17) is 10.5 Å². The molecule has 0 unspecified atom stereocenters.